The van der Waals surface area contributed by atoms with Crippen LogP contribution in [0.5, 0.6) is 0 Å². The minimum Gasteiger partial charge on any atom is -1.00 e. The number of benzene rings is 4. The molecule has 4 aliphatic rings. The number of hydrogen-bond donors (Lipinski definition) is 0. The van der Waals surface area contributed by atoms with Crippen LogP contribution in [0, 0.1) is 24.3 Å². The fourth-order valence-electron chi connectivity index (χ4n) is 5.74. The van der Waals surface area contributed by atoms with Gasteiger partial charge >= 0.3 is 83.7 Å². The fraction of sp³-hybridized carbons (Fsp3) is 0.231. The summed E-state index contributed by atoms with van der Waals surface area (Å²) in [6.45, 7) is 17.6. The summed E-state index contributed by atoms with van der Waals surface area (Å²) in [7, 11) is 0. The molecule has 0 saturated carbocycles. The Morgan fingerprint density at radius 2 is 0.500 bits per heavy atom. The molecule has 0 heterocycles. The van der Waals surface area contributed by atoms with Crippen LogP contribution in [-0.4, -0.2) is 10.9 Å². The molecule has 58 heavy (non-hydrogen) atoms. The summed E-state index contributed by atoms with van der Waals surface area (Å²) in [6, 6.07) is 41.9. The zero-order valence-electron chi connectivity index (χ0n) is 35.4. The molecule has 6 heteroatoms. The van der Waals surface area contributed by atoms with Gasteiger partial charge in [-0.15, -0.1) is 48.0 Å². The van der Waals surface area contributed by atoms with E-state index in [4.69, 9.17) is 0 Å². The SMILES string of the molecule is CC1=[C-]CC(c2ccccc2)=C1.CC1=[C-]CC(c2ccccc2)=C1.CC1=[C-]CC(c2ccccc2)=C1.CC1=[C-]CC(c2ccccc2)=C1.C[Si](C)=[Zr+2].C[Si](C)=[Zr+2].[Cl-].[Cl-]. The Bertz CT molecular complexity index is 1820. The van der Waals surface area contributed by atoms with Gasteiger partial charge in [0, 0.05) is 0 Å². The Labute approximate surface area is 394 Å². The van der Waals surface area contributed by atoms with Crippen molar-refractivity contribution in [2.75, 3.05) is 0 Å². The van der Waals surface area contributed by atoms with E-state index in [1.165, 1.54) is 66.8 Å². The van der Waals surface area contributed by atoms with Gasteiger partial charge in [0.15, 0.2) is 0 Å². The average molecular weight is 991 g/mol. The second kappa shape index (κ2) is 30.6. The van der Waals surface area contributed by atoms with Crippen LogP contribution in [0.1, 0.15) is 75.6 Å². The van der Waals surface area contributed by atoms with Gasteiger partial charge in [-0.05, 0) is 22.3 Å². The van der Waals surface area contributed by atoms with E-state index < -0.39 is 0 Å². The molecule has 296 valence electrons. The third-order valence-corrected chi connectivity index (χ3v) is 8.37. The second-order valence-electron chi connectivity index (χ2n) is 14.3. The molecule has 0 fully saturated rings. The summed E-state index contributed by atoms with van der Waals surface area (Å²) in [6.07, 6.45) is 25.9. The third kappa shape index (κ3) is 22.3. The van der Waals surface area contributed by atoms with Gasteiger partial charge in [-0.1, -0.05) is 149 Å². The van der Waals surface area contributed by atoms with Crippen LogP contribution in [0.2, 0.25) is 26.2 Å². The molecule has 0 unspecified atom stereocenters. The molecule has 4 aromatic rings. The average Bonchev–Trinajstić information content (AvgIpc) is 4.03. The van der Waals surface area contributed by atoms with Crippen molar-refractivity contribution >= 4 is 33.2 Å². The zero-order valence-corrected chi connectivity index (χ0v) is 43.9. The zero-order chi connectivity index (χ0) is 40.7. The topological polar surface area (TPSA) is 0 Å². The Kier molecular flexibility index (Phi) is 28.3. The summed E-state index contributed by atoms with van der Waals surface area (Å²) < 4.78 is 0. The summed E-state index contributed by atoms with van der Waals surface area (Å²) in [4.78, 5) is 0. The smallest absolute Gasteiger partial charge is 1.00 e. The molecule has 0 amide bonds. The van der Waals surface area contributed by atoms with Crippen LogP contribution in [0.3, 0.4) is 0 Å². The van der Waals surface area contributed by atoms with Gasteiger partial charge in [-0.2, -0.15) is 0 Å². The Hall–Kier alpha value is -2.42. The van der Waals surface area contributed by atoms with E-state index >= 15 is 0 Å². The minimum absolute atomic E-state index is 0. The minimum atomic E-state index is 0. The maximum Gasteiger partial charge on any atom is -1.00 e. The Balaban J connectivity index is 0.000000360. The van der Waals surface area contributed by atoms with Crippen molar-refractivity contribution in [2.24, 2.45) is 0 Å². The molecule has 4 aromatic carbocycles. The molecule has 0 nitrogen and oxygen atoms in total. The number of hydrogen-bond acceptors (Lipinski definition) is 0. The molecule has 0 saturated heterocycles. The molecule has 4 aliphatic carbocycles. The largest absolute Gasteiger partial charge is 1.00 e. The normalized spacial score (nSPS) is 14.0. The number of halogens is 2. The summed E-state index contributed by atoms with van der Waals surface area (Å²) in [5.74, 6) is 0. The van der Waals surface area contributed by atoms with Crippen molar-refractivity contribution in [3.05, 3.63) is 214 Å². The van der Waals surface area contributed by atoms with Gasteiger partial charge in [-0.3, -0.25) is 24.3 Å². The van der Waals surface area contributed by atoms with E-state index in [0.29, 0.717) is 0 Å². The number of allylic oxidation sites excluding steroid dienone is 16. The monoisotopic (exact) mass is 986 g/mol. The molecule has 0 atom stereocenters. The van der Waals surface area contributed by atoms with E-state index in [1.807, 2.05) is 24.3 Å². The van der Waals surface area contributed by atoms with Crippen molar-refractivity contribution in [1.82, 2.24) is 0 Å². The van der Waals surface area contributed by atoms with Gasteiger partial charge < -0.3 is 24.8 Å². The molecule has 0 aromatic heterocycles. The quantitative estimate of drug-likeness (QED) is 0.142. The molecular weight excluding hydrogens is 934 g/mol. The first kappa shape index (κ1) is 53.6. The van der Waals surface area contributed by atoms with Gasteiger partial charge in [0.2, 0.25) is 0 Å². The summed E-state index contributed by atoms with van der Waals surface area (Å²) in [5.41, 5.74) is 16.3. The maximum atomic E-state index is 3.29. The first-order valence-electron chi connectivity index (χ1n) is 19.3. The van der Waals surface area contributed by atoms with Crippen molar-refractivity contribution in [3.63, 3.8) is 0 Å². The Morgan fingerprint density at radius 3 is 0.621 bits per heavy atom. The molecular formula is C52H56Cl2Si2Zr2-2. The van der Waals surface area contributed by atoms with Gasteiger partial charge in [0.1, 0.15) is 0 Å². The van der Waals surface area contributed by atoms with Crippen LogP contribution in [0.4, 0.5) is 0 Å². The maximum absolute atomic E-state index is 3.29. The van der Waals surface area contributed by atoms with Gasteiger partial charge in [-0.25, -0.2) is 46.6 Å². The molecule has 8 rings (SSSR count). The van der Waals surface area contributed by atoms with Crippen molar-refractivity contribution in [3.8, 4) is 0 Å². The fourth-order valence-corrected chi connectivity index (χ4v) is 5.74. The van der Waals surface area contributed by atoms with E-state index in [9.17, 15) is 0 Å². The number of rotatable bonds is 4. The third-order valence-electron chi connectivity index (χ3n) is 8.37. The predicted molar refractivity (Wildman–Crippen MR) is 241 cm³/mol. The summed E-state index contributed by atoms with van der Waals surface area (Å²) in [5, 5.41) is 0. The van der Waals surface area contributed by atoms with Crippen LogP contribution >= 0.6 is 0 Å². The summed E-state index contributed by atoms with van der Waals surface area (Å²) >= 11 is 3.48. The van der Waals surface area contributed by atoms with Gasteiger partial charge in [0.25, 0.3) is 0 Å². The van der Waals surface area contributed by atoms with Crippen LogP contribution in [0.25, 0.3) is 22.3 Å². The van der Waals surface area contributed by atoms with E-state index in [0.717, 1.165) is 25.7 Å². The van der Waals surface area contributed by atoms with Crippen molar-refractivity contribution in [1.29, 1.82) is 0 Å². The first-order chi connectivity index (χ1) is 26.9. The molecule has 0 N–H and O–H groups in total. The van der Waals surface area contributed by atoms with E-state index in [-0.39, 0.29) is 35.7 Å². The van der Waals surface area contributed by atoms with Crippen molar-refractivity contribution in [2.45, 2.75) is 79.6 Å². The molecule has 0 spiro atoms. The van der Waals surface area contributed by atoms with Crippen LogP contribution in [-0.2, 0) is 46.7 Å². The predicted octanol–water partition coefficient (Wildman–Crippen LogP) is 8.47. The van der Waals surface area contributed by atoms with E-state index in [2.05, 4.69) is 200 Å². The molecule has 0 bridgehead atoms. The van der Waals surface area contributed by atoms with Gasteiger partial charge in [0.05, 0.1) is 0 Å². The van der Waals surface area contributed by atoms with Crippen LogP contribution < -0.4 is 24.8 Å². The standard InChI is InChI=1S/4C12H11.2C2H6Si.2ClH.2Zr/c4*1-10-7-8-12(9-10)11-5-3-2-4-6-11;2*1-3-2;;;;/h4*2-6,9H,8H2,1H3;2*1-2H3;2*1H;;/q4*-1;;;;;2*+2/p-2. The van der Waals surface area contributed by atoms with Crippen LogP contribution in [0.15, 0.2) is 168 Å². The molecule has 0 aliphatic heterocycles. The Morgan fingerprint density at radius 1 is 0.345 bits per heavy atom. The van der Waals surface area contributed by atoms with E-state index in [1.54, 1.807) is 46.7 Å². The first-order valence-corrected chi connectivity index (χ1v) is 31.7. The second-order valence-corrected chi connectivity index (χ2v) is 33.0. The molecule has 0 radical (unpaired) electrons. The van der Waals surface area contributed by atoms with Crippen molar-refractivity contribution < 1.29 is 71.5 Å².